The van der Waals surface area contributed by atoms with Crippen LogP contribution in [0.5, 0.6) is 11.5 Å². The molecule has 0 spiro atoms. The van der Waals surface area contributed by atoms with E-state index in [9.17, 15) is 14.7 Å². The first kappa shape index (κ1) is 25.6. The topological polar surface area (TPSA) is 89.8 Å². The molecule has 0 radical (unpaired) electrons. The number of hydrogen-bond acceptors (Lipinski definition) is 5. The third kappa shape index (κ3) is 5.89. The molecule has 1 unspecified atom stereocenters. The Morgan fingerprint density at radius 3 is 2.68 bits per heavy atom. The highest BCUT2D eigenvalue weighted by molar-refractivity contribution is 5.88. The number of aromatic nitrogens is 1. The maximum atomic E-state index is 13.0. The number of fused-ring (bicyclic) bond motifs is 1. The summed E-state index contributed by atoms with van der Waals surface area (Å²) >= 11 is 0. The van der Waals surface area contributed by atoms with E-state index in [-0.39, 0.29) is 17.6 Å². The van der Waals surface area contributed by atoms with Gasteiger partial charge in [0.1, 0.15) is 11.5 Å². The zero-order valence-electron chi connectivity index (χ0n) is 20.8. The molecule has 184 valence electrons. The number of nitrogens with one attached hydrogen (secondary N) is 1. The monoisotopic (exact) mass is 468 g/mol. The number of aliphatic hydroxyl groups excluding tert-OH is 1. The van der Waals surface area contributed by atoms with Gasteiger partial charge in [0.2, 0.25) is 0 Å². The van der Waals surface area contributed by atoms with Gasteiger partial charge in [-0.2, -0.15) is 0 Å². The lowest BCUT2D eigenvalue weighted by Gasteiger charge is -2.41. The highest BCUT2D eigenvalue weighted by Crippen LogP contribution is 2.44. The zero-order valence-corrected chi connectivity index (χ0v) is 20.8. The molecule has 1 atom stereocenters. The molecule has 3 rings (SSSR count). The molecule has 1 aromatic heterocycles. The van der Waals surface area contributed by atoms with Crippen molar-refractivity contribution in [3.8, 4) is 11.5 Å². The van der Waals surface area contributed by atoms with Crippen molar-refractivity contribution in [1.29, 1.82) is 0 Å². The summed E-state index contributed by atoms with van der Waals surface area (Å²) in [4.78, 5) is 25.8. The molecule has 0 saturated carbocycles. The number of rotatable bonds is 8. The Bertz CT molecular complexity index is 1110. The molecule has 1 aromatic carbocycles. The lowest BCUT2D eigenvalue weighted by atomic mass is 9.66. The minimum Gasteiger partial charge on any atom is -0.495 e. The number of amides is 1. The molecule has 7 nitrogen and oxygen atoms in total. The van der Waals surface area contributed by atoms with Crippen LogP contribution in [0.2, 0.25) is 0 Å². The van der Waals surface area contributed by atoms with Crippen LogP contribution >= 0.6 is 0 Å². The number of aliphatic hydroxyl groups is 1. The second kappa shape index (κ2) is 10.9. The van der Waals surface area contributed by atoms with E-state index < -0.39 is 6.09 Å². The second-order valence-corrected chi connectivity index (χ2v) is 9.80. The molecular weight excluding hydrogens is 432 g/mol. The number of ether oxygens (including phenoxy) is 2. The van der Waals surface area contributed by atoms with Gasteiger partial charge in [-0.25, -0.2) is 4.79 Å². The average molecular weight is 469 g/mol. The number of anilines is 1. The van der Waals surface area contributed by atoms with Crippen molar-refractivity contribution in [2.24, 2.45) is 11.3 Å². The fourth-order valence-electron chi connectivity index (χ4n) is 4.56. The van der Waals surface area contributed by atoms with Gasteiger partial charge in [-0.1, -0.05) is 37.6 Å². The molecule has 1 amide bonds. The van der Waals surface area contributed by atoms with E-state index in [0.29, 0.717) is 48.9 Å². The third-order valence-electron chi connectivity index (χ3n) is 6.57. The Hall–Kier alpha value is -3.06. The van der Waals surface area contributed by atoms with Crippen molar-refractivity contribution in [2.75, 3.05) is 19.0 Å². The van der Waals surface area contributed by atoms with Gasteiger partial charge < -0.3 is 19.1 Å². The van der Waals surface area contributed by atoms with Crippen LogP contribution in [0, 0.1) is 11.3 Å². The fourth-order valence-corrected chi connectivity index (χ4v) is 4.56. The molecular formula is C27H36N2O5. The quantitative estimate of drug-likeness (QED) is 0.535. The summed E-state index contributed by atoms with van der Waals surface area (Å²) in [6.07, 6.45) is 4.36. The average Bonchev–Trinajstić information content (AvgIpc) is 2.77. The summed E-state index contributed by atoms with van der Waals surface area (Å²) in [6.45, 7) is 9.07. The Morgan fingerprint density at radius 1 is 1.26 bits per heavy atom. The number of nitrogens with zero attached hydrogens (tertiary/aromatic N) is 1. The predicted molar refractivity (Wildman–Crippen MR) is 134 cm³/mol. The third-order valence-corrected chi connectivity index (χ3v) is 6.57. The number of carbonyl (C=O) groups excluding carboxylic acids is 1. The molecule has 34 heavy (non-hydrogen) atoms. The van der Waals surface area contributed by atoms with Crippen LogP contribution in [0.15, 0.2) is 46.8 Å². The number of benzene rings is 1. The van der Waals surface area contributed by atoms with Crippen LogP contribution in [-0.2, 0) is 19.4 Å². The van der Waals surface area contributed by atoms with Crippen LogP contribution in [0.1, 0.15) is 51.8 Å². The van der Waals surface area contributed by atoms with Crippen LogP contribution in [0.25, 0.3) is 0 Å². The van der Waals surface area contributed by atoms with Crippen molar-refractivity contribution < 1.29 is 19.4 Å². The van der Waals surface area contributed by atoms with Gasteiger partial charge in [-0.3, -0.25) is 10.1 Å². The fraction of sp³-hybridized carbons (Fsp3) is 0.481. The maximum Gasteiger partial charge on any atom is 0.417 e. The standard InChI is InChI=1S/C27H36N2O5/c1-18(2)11-12-19-15-20-22(17-27(19,3)4)29(13-8-14-30)25(31)16-24(20)34-26(32)28-21-9-6-7-10-23(21)33-5/h6-7,9-11,16,19,30H,8,12-15,17H2,1-5H3,(H,28,32). The largest absolute Gasteiger partial charge is 0.495 e. The molecule has 0 bridgehead atoms. The van der Waals surface area contributed by atoms with Crippen molar-refractivity contribution in [2.45, 2.75) is 59.9 Å². The second-order valence-electron chi connectivity index (χ2n) is 9.80. The molecule has 0 fully saturated rings. The van der Waals surface area contributed by atoms with Gasteiger partial charge >= 0.3 is 6.09 Å². The summed E-state index contributed by atoms with van der Waals surface area (Å²) in [7, 11) is 1.53. The lowest BCUT2D eigenvalue weighted by Crippen LogP contribution is -2.38. The maximum absolute atomic E-state index is 13.0. The van der Waals surface area contributed by atoms with E-state index in [2.05, 4.69) is 39.1 Å². The molecule has 2 N–H and O–H groups in total. The number of allylic oxidation sites excluding steroid dienone is 2. The lowest BCUT2D eigenvalue weighted by molar-refractivity contribution is 0.182. The SMILES string of the molecule is COc1ccccc1NC(=O)Oc1cc(=O)n(CCCO)c2c1CC(CC=C(C)C)C(C)(C)C2. The van der Waals surface area contributed by atoms with Gasteiger partial charge in [0.05, 0.1) is 12.8 Å². The van der Waals surface area contributed by atoms with E-state index in [1.807, 2.05) is 6.07 Å². The molecule has 7 heteroatoms. The van der Waals surface area contributed by atoms with Gasteiger partial charge in [0, 0.05) is 30.5 Å². The smallest absolute Gasteiger partial charge is 0.417 e. The molecule has 0 aliphatic heterocycles. The van der Waals surface area contributed by atoms with Gasteiger partial charge in [0.15, 0.2) is 0 Å². The van der Waals surface area contributed by atoms with Gasteiger partial charge in [-0.05, 0) is 63.0 Å². The zero-order chi connectivity index (χ0) is 24.9. The first-order chi connectivity index (χ1) is 16.2. The first-order valence-electron chi connectivity index (χ1n) is 11.8. The number of carbonyl (C=O) groups is 1. The van der Waals surface area contributed by atoms with Crippen LogP contribution in [-0.4, -0.2) is 29.5 Å². The predicted octanol–water partition coefficient (Wildman–Crippen LogP) is 4.95. The Balaban J connectivity index is 1.98. The van der Waals surface area contributed by atoms with Crippen molar-refractivity contribution in [3.05, 3.63) is 63.6 Å². The van der Waals surface area contributed by atoms with E-state index in [1.165, 1.54) is 18.7 Å². The van der Waals surface area contributed by atoms with Crippen molar-refractivity contribution >= 4 is 11.8 Å². The molecule has 1 heterocycles. The van der Waals surface area contributed by atoms with Crippen LogP contribution < -0.4 is 20.3 Å². The molecule has 1 aliphatic rings. The Kier molecular flexibility index (Phi) is 8.20. The van der Waals surface area contributed by atoms with Crippen LogP contribution in [0.4, 0.5) is 10.5 Å². The highest BCUT2D eigenvalue weighted by atomic mass is 16.6. The Labute approximate surface area is 201 Å². The highest BCUT2D eigenvalue weighted by Gasteiger charge is 2.38. The molecule has 2 aromatic rings. The summed E-state index contributed by atoms with van der Waals surface area (Å²) in [5.41, 5.74) is 3.26. The molecule has 0 saturated heterocycles. The van der Waals surface area contributed by atoms with Crippen molar-refractivity contribution in [1.82, 2.24) is 4.57 Å². The van der Waals surface area contributed by atoms with Crippen LogP contribution in [0.3, 0.4) is 0 Å². The number of hydrogen-bond donors (Lipinski definition) is 2. The minimum absolute atomic E-state index is 0.00731. The van der Waals surface area contributed by atoms with E-state index in [0.717, 1.165) is 17.7 Å². The van der Waals surface area contributed by atoms with E-state index in [4.69, 9.17) is 9.47 Å². The normalized spacial score (nSPS) is 16.4. The summed E-state index contributed by atoms with van der Waals surface area (Å²) < 4.78 is 12.7. The Morgan fingerprint density at radius 2 is 2.00 bits per heavy atom. The molecule has 1 aliphatic carbocycles. The summed E-state index contributed by atoms with van der Waals surface area (Å²) in [5, 5.41) is 12.1. The number of para-hydroxylation sites is 2. The first-order valence-corrected chi connectivity index (χ1v) is 11.8. The minimum atomic E-state index is -0.676. The summed E-state index contributed by atoms with van der Waals surface area (Å²) in [5.74, 6) is 1.15. The number of pyridine rings is 1. The van der Waals surface area contributed by atoms with Gasteiger partial charge in [-0.15, -0.1) is 0 Å². The van der Waals surface area contributed by atoms with Gasteiger partial charge in [0.25, 0.3) is 5.56 Å². The van der Waals surface area contributed by atoms with Crippen molar-refractivity contribution in [3.63, 3.8) is 0 Å². The number of methoxy groups -OCH3 is 1. The van der Waals surface area contributed by atoms with E-state index in [1.54, 1.807) is 22.8 Å². The summed E-state index contributed by atoms with van der Waals surface area (Å²) in [6, 6.07) is 8.47. The van der Waals surface area contributed by atoms with E-state index >= 15 is 0 Å².